The fraction of sp³-hybridized carbons (Fsp3) is 0.583. The largest absolute Gasteiger partial charge is 0.367 e. The monoisotopic (exact) mass is 268 g/mol. The lowest BCUT2D eigenvalue weighted by Gasteiger charge is -2.26. The van der Waals surface area contributed by atoms with Crippen molar-refractivity contribution in [3.63, 3.8) is 0 Å². The van der Waals surface area contributed by atoms with Crippen LogP contribution in [0.1, 0.15) is 25.7 Å². The van der Waals surface area contributed by atoms with Crippen molar-refractivity contribution < 1.29 is 4.79 Å². The SMILES string of the molecule is O=C(CCNc1nccnc1Cl)N1CCCCC1. The molecule has 1 aromatic heterocycles. The second-order valence-electron chi connectivity index (χ2n) is 4.31. The van der Waals surface area contributed by atoms with Gasteiger partial charge in [-0.1, -0.05) is 11.6 Å². The summed E-state index contributed by atoms with van der Waals surface area (Å²) in [6.45, 7) is 2.32. The minimum absolute atomic E-state index is 0.196. The first-order valence-electron chi connectivity index (χ1n) is 6.25. The molecule has 98 valence electrons. The van der Waals surface area contributed by atoms with E-state index in [9.17, 15) is 4.79 Å². The van der Waals surface area contributed by atoms with Gasteiger partial charge in [0.05, 0.1) is 0 Å². The van der Waals surface area contributed by atoms with E-state index in [1.165, 1.54) is 12.6 Å². The fourth-order valence-corrected chi connectivity index (χ4v) is 2.20. The van der Waals surface area contributed by atoms with Crippen LogP contribution < -0.4 is 5.32 Å². The van der Waals surface area contributed by atoms with Crippen molar-refractivity contribution in [2.75, 3.05) is 25.0 Å². The van der Waals surface area contributed by atoms with Gasteiger partial charge in [-0.05, 0) is 19.3 Å². The van der Waals surface area contributed by atoms with E-state index in [0.717, 1.165) is 25.9 Å². The summed E-state index contributed by atoms with van der Waals surface area (Å²) in [7, 11) is 0. The topological polar surface area (TPSA) is 58.1 Å². The fourth-order valence-electron chi connectivity index (χ4n) is 2.03. The number of carbonyl (C=O) groups excluding carboxylic acids is 1. The van der Waals surface area contributed by atoms with Gasteiger partial charge in [-0.3, -0.25) is 4.79 Å². The molecule has 1 saturated heterocycles. The summed E-state index contributed by atoms with van der Waals surface area (Å²) in [4.78, 5) is 21.8. The van der Waals surface area contributed by atoms with Crippen LogP contribution in [0.15, 0.2) is 12.4 Å². The van der Waals surface area contributed by atoms with Crippen LogP contribution in [0.25, 0.3) is 0 Å². The van der Waals surface area contributed by atoms with E-state index in [4.69, 9.17) is 11.6 Å². The van der Waals surface area contributed by atoms with Gasteiger partial charge in [-0.25, -0.2) is 9.97 Å². The summed E-state index contributed by atoms with van der Waals surface area (Å²) in [6.07, 6.45) is 7.04. The number of hydrogen-bond acceptors (Lipinski definition) is 4. The molecule has 18 heavy (non-hydrogen) atoms. The molecule has 6 heteroatoms. The van der Waals surface area contributed by atoms with Crippen LogP contribution in [0.4, 0.5) is 5.82 Å². The highest BCUT2D eigenvalue weighted by Crippen LogP contribution is 2.14. The predicted molar refractivity (Wildman–Crippen MR) is 70.6 cm³/mol. The normalized spacial score (nSPS) is 15.5. The van der Waals surface area contributed by atoms with E-state index >= 15 is 0 Å². The van der Waals surface area contributed by atoms with E-state index in [1.54, 1.807) is 6.20 Å². The van der Waals surface area contributed by atoms with Gasteiger partial charge in [0.2, 0.25) is 5.91 Å². The van der Waals surface area contributed by atoms with Crippen LogP contribution in [-0.2, 0) is 4.79 Å². The molecule has 2 rings (SSSR count). The van der Waals surface area contributed by atoms with Gasteiger partial charge in [0.15, 0.2) is 11.0 Å². The maximum Gasteiger partial charge on any atom is 0.224 e. The van der Waals surface area contributed by atoms with Crippen molar-refractivity contribution in [3.05, 3.63) is 17.5 Å². The average Bonchev–Trinajstić information content (AvgIpc) is 2.42. The Bertz CT molecular complexity index is 407. The lowest BCUT2D eigenvalue weighted by molar-refractivity contribution is -0.131. The Kier molecular flexibility index (Phi) is 4.75. The van der Waals surface area contributed by atoms with E-state index in [-0.39, 0.29) is 5.91 Å². The Hall–Kier alpha value is -1.36. The number of nitrogens with one attached hydrogen (secondary N) is 1. The molecule has 0 unspecified atom stereocenters. The van der Waals surface area contributed by atoms with Crippen LogP contribution in [-0.4, -0.2) is 40.4 Å². The number of likely N-dealkylation sites (tertiary alicyclic amines) is 1. The molecule has 0 atom stereocenters. The molecule has 0 aromatic carbocycles. The molecule has 1 fully saturated rings. The number of anilines is 1. The molecule has 0 bridgehead atoms. The number of halogens is 1. The summed E-state index contributed by atoms with van der Waals surface area (Å²) in [6, 6.07) is 0. The number of rotatable bonds is 4. The van der Waals surface area contributed by atoms with Crippen molar-refractivity contribution in [1.29, 1.82) is 0 Å². The van der Waals surface area contributed by atoms with Gasteiger partial charge in [-0.2, -0.15) is 0 Å². The Labute approximate surface area is 112 Å². The number of nitrogens with zero attached hydrogens (tertiary/aromatic N) is 3. The van der Waals surface area contributed by atoms with Crippen LogP contribution in [0, 0.1) is 0 Å². The van der Waals surface area contributed by atoms with Crippen molar-refractivity contribution in [1.82, 2.24) is 14.9 Å². The molecule has 1 aliphatic heterocycles. The zero-order valence-corrected chi connectivity index (χ0v) is 11.0. The lowest BCUT2D eigenvalue weighted by atomic mass is 10.1. The number of amides is 1. The second-order valence-corrected chi connectivity index (χ2v) is 4.67. The first-order valence-corrected chi connectivity index (χ1v) is 6.63. The zero-order chi connectivity index (χ0) is 12.8. The standard InChI is InChI=1S/C12H17ClN4O/c13-11-12(16-7-6-14-11)15-5-4-10(18)17-8-2-1-3-9-17/h6-7H,1-5,8-9H2,(H,15,16). The molecule has 1 aliphatic rings. The maximum absolute atomic E-state index is 11.9. The van der Waals surface area contributed by atoms with Crippen LogP contribution in [0.5, 0.6) is 0 Å². The van der Waals surface area contributed by atoms with Crippen molar-refractivity contribution in [2.24, 2.45) is 0 Å². The number of hydrogen-bond donors (Lipinski definition) is 1. The quantitative estimate of drug-likeness (QED) is 0.907. The van der Waals surface area contributed by atoms with E-state index < -0.39 is 0 Å². The third-order valence-corrected chi connectivity index (χ3v) is 3.27. The molecule has 0 saturated carbocycles. The van der Waals surface area contributed by atoms with Gasteiger partial charge in [0, 0.05) is 38.4 Å². The Morgan fingerprint density at radius 2 is 2.00 bits per heavy atom. The van der Waals surface area contributed by atoms with Gasteiger partial charge in [0.25, 0.3) is 0 Å². The third kappa shape index (κ3) is 3.57. The summed E-state index contributed by atoms with van der Waals surface area (Å²) in [5, 5.41) is 3.37. The minimum atomic E-state index is 0.196. The first-order chi connectivity index (χ1) is 8.77. The van der Waals surface area contributed by atoms with Crippen molar-refractivity contribution in [3.8, 4) is 0 Å². The molecule has 0 spiro atoms. The molecule has 1 N–H and O–H groups in total. The molecular formula is C12H17ClN4O. The number of aromatic nitrogens is 2. The van der Waals surface area contributed by atoms with Gasteiger partial charge in [-0.15, -0.1) is 0 Å². The summed E-state index contributed by atoms with van der Waals surface area (Å²) in [5.41, 5.74) is 0. The van der Waals surface area contributed by atoms with Gasteiger partial charge in [0.1, 0.15) is 0 Å². The third-order valence-electron chi connectivity index (χ3n) is 2.99. The number of carbonyl (C=O) groups is 1. The molecule has 2 heterocycles. The maximum atomic E-state index is 11.9. The number of piperidine rings is 1. The highest BCUT2D eigenvalue weighted by molar-refractivity contribution is 6.31. The Balaban J connectivity index is 1.75. The Morgan fingerprint density at radius 1 is 1.28 bits per heavy atom. The molecule has 1 aromatic rings. The van der Waals surface area contributed by atoms with Crippen molar-refractivity contribution >= 4 is 23.3 Å². The van der Waals surface area contributed by atoms with Crippen LogP contribution in [0.3, 0.4) is 0 Å². The second kappa shape index (κ2) is 6.54. The summed E-state index contributed by atoms with van der Waals surface area (Å²) in [5.74, 6) is 0.729. The van der Waals surface area contributed by atoms with Gasteiger partial charge >= 0.3 is 0 Å². The van der Waals surface area contributed by atoms with E-state index in [0.29, 0.717) is 23.9 Å². The molecular weight excluding hydrogens is 252 g/mol. The van der Waals surface area contributed by atoms with Gasteiger partial charge < -0.3 is 10.2 Å². The zero-order valence-electron chi connectivity index (χ0n) is 10.2. The minimum Gasteiger partial charge on any atom is -0.367 e. The highest BCUT2D eigenvalue weighted by Gasteiger charge is 2.15. The van der Waals surface area contributed by atoms with Crippen LogP contribution in [0.2, 0.25) is 5.15 Å². The summed E-state index contributed by atoms with van der Waals surface area (Å²) >= 11 is 5.86. The van der Waals surface area contributed by atoms with E-state index in [2.05, 4.69) is 15.3 Å². The lowest BCUT2D eigenvalue weighted by Crippen LogP contribution is -2.36. The molecule has 0 aliphatic carbocycles. The molecule has 1 amide bonds. The summed E-state index contributed by atoms with van der Waals surface area (Å²) < 4.78 is 0. The van der Waals surface area contributed by atoms with Crippen molar-refractivity contribution in [2.45, 2.75) is 25.7 Å². The smallest absolute Gasteiger partial charge is 0.224 e. The van der Waals surface area contributed by atoms with E-state index in [1.807, 2.05) is 4.90 Å². The highest BCUT2D eigenvalue weighted by atomic mass is 35.5. The molecule has 0 radical (unpaired) electrons. The Morgan fingerprint density at radius 3 is 2.72 bits per heavy atom. The van der Waals surface area contributed by atoms with Crippen LogP contribution >= 0.6 is 11.6 Å². The molecule has 5 nitrogen and oxygen atoms in total. The average molecular weight is 269 g/mol. The first kappa shape index (κ1) is 13.1. The predicted octanol–water partition coefficient (Wildman–Crippen LogP) is 1.94.